The van der Waals surface area contributed by atoms with Crippen molar-refractivity contribution >= 4 is 29.3 Å². The van der Waals surface area contributed by atoms with Gasteiger partial charge in [0.1, 0.15) is 0 Å². The minimum atomic E-state index is -0.174. The Labute approximate surface area is 166 Å². The Hall–Kier alpha value is -1.49. The number of aryl methyl sites for hydroxylation is 1. The van der Waals surface area contributed by atoms with Crippen molar-refractivity contribution in [2.75, 3.05) is 23.7 Å². The van der Waals surface area contributed by atoms with Gasteiger partial charge >= 0.3 is 0 Å². The molecule has 27 heavy (non-hydrogen) atoms. The van der Waals surface area contributed by atoms with Gasteiger partial charge in [-0.3, -0.25) is 14.5 Å². The average Bonchev–Trinajstić information content (AvgIpc) is 3.29. The third kappa shape index (κ3) is 3.89. The van der Waals surface area contributed by atoms with Crippen LogP contribution in [-0.4, -0.2) is 40.4 Å². The molecule has 146 valence electrons. The molecule has 0 bridgehead atoms. The molecule has 0 atom stereocenters. The van der Waals surface area contributed by atoms with Gasteiger partial charge in [0.05, 0.1) is 10.6 Å². The van der Waals surface area contributed by atoms with Crippen molar-refractivity contribution < 1.29 is 9.59 Å². The smallest absolute Gasteiger partial charge is 0.238 e. The van der Waals surface area contributed by atoms with E-state index in [2.05, 4.69) is 19.1 Å². The predicted molar refractivity (Wildman–Crippen MR) is 111 cm³/mol. The number of hydrogen-bond donors (Lipinski definition) is 0. The summed E-state index contributed by atoms with van der Waals surface area (Å²) in [7, 11) is 0. The SMILES string of the molecule is Cc1cccc(N2C(=O)CSC23CCN(C(=O)CCC2CCCC2)CC3)c1. The van der Waals surface area contributed by atoms with Gasteiger partial charge in [-0.1, -0.05) is 37.8 Å². The summed E-state index contributed by atoms with van der Waals surface area (Å²) in [5.41, 5.74) is 2.18. The van der Waals surface area contributed by atoms with E-state index >= 15 is 0 Å². The van der Waals surface area contributed by atoms with Crippen LogP contribution in [-0.2, 0) is 9.59 Å². The largest absolute Gasteiger partial charge is 0.342 e. The molecule has 2 heterocycles. The number of amides is 2. The molecule has 0 aromatic heterocycles. The molecule has 0 radical (unpaired) electrons. The average molecular weight is 387 g/mol. The molecule has 5 heteroatoms. The Kier molecular flexibility index (Phi) is 5.49. The lowest BCUT2D eigenvalue weighted by Crippen LogP contribution is -2.53. The Morgan fingerprint density at radius 2 is 1.96 bits per heavy atom. The number of piperidine rings is 1. The molecule has 1 spiro atoms. The Bertz CT molecular complexity index is 706. The summed E-state index contributed by atoms with van der Waals surface area (Å²) in [6, 6.07) is 8.23. The maximum absolute atomic E-state index is 12.7. The van der Waals surface area contributed by atoms with Crippen LogP contribution in [0, 0.1) is 12.8 Å². The van der Waals surface area contributed by atoms with Gasteiger partial charge in [-0.15, -0.1) is 11.8 Å². The molecule has 3 fully saturated rings. The van der Waals surface area contributed by atoms with Crippen molar-refractivity contribution in [2.45, 2.75) is 63.2 Å². The monoisotopic (exact) mass is 386 g/mol. The van der Waals surface area contributed by atoms with Crippen molar-refractivity contribution in [2.24, 2.45) is 5.92 Å². The van der Waals surface area contributed by atoms with Gasteiger partial charge in [-0.25, -0.2) is 0 Å². The molecule has 4 rings (SSSR count). The molecule has 1 saturated carbocycles. The van der Waals surface area contributed by atoms with Crippen LogP contribution in [0.2, 0.25) is 0 Å². The number of likely N-dealkylation sites (tertiary alicyclic amines) is 1. The fourth-order valence-electron chi connectivity index (χ4n) is 4.96. The summed E-state index contributed by atoms with van der Waals surface area (Å²) in [5.74, 6) is 1.83. The predicted octanol–water partition coefficient (Wildman–Crippen LogP) is 4.36. The molecule has 2 aliphatic heterocycles. The molecule has 2 amide bonds. The quantitative estimate of drug-likeness (QED) is 0.772. The summed E-state index contributed by atoms with van der Waals surface area (Å²) in [6.45, 7) is 3.60. The zero-order valence-electron chi connectivity index (χ0n) is 16.3. The van der Waals surface area contributed by atoms with Crippen molar-refractivity contribution in [1.29, 1.82) is 0 Å². The van der Waals surface area contributed by atoms with Crippen molar-refractivity contribution in [1.82, 2.24) is 4.90 Å². The van der Waals surface area contributed by atoms with E-state index in [0.717, 1.165) is 44.0 Å². The van der Waals surface area contributed by atoms with E-state index in [1.165, 1.54) is 31.2 Å². The second-order valence-electron chi connectivity index (χ2n) is 8.37. The normalized spacial score (nSPS) is 22.8. The molecule has 4 nitrogen and oxygen atoms in total. The van der Waals surface area contributed by atoms with Gasteiger partial charge in [-0.05, 0) is 49.8 Å². The fraction of sp³-hybridized carbons (Fsp3) is 0.636. The fourth-order valence-corrected chi connectivity index (χ4v) is 6.29. The van der Waals surface area contributed by atoms with E-state index in [1.807, 2.05) is 21.9 Å². The summed E-state index contributed by atoms with van der Waals surface area (Å²) in [5, 5.41) is 0. The maximum atomic E-state index is 12.7. The third-order valence-corrected chi connectivity index (χ3v) is 8.04. The Balaban J connectivity index is 1.39. The van der Waals surface area contributed by atoms with Crippen LogP contribution in [0.15, 0.2) is 24.3 Å². The first-order valence-corrected chi connectivity index (χ1v) is 11.4. The van der Waals surface area contributed by atoms with E-state index in [0.29, 0.717) is 18.1 Å². The van der Waals surface area contributed by atoms with Gasteiger partial charge in [0.2, 0.25) is 11.8 Å². The van der Waals surface area contributed by atoms with Gasteiger partial charge < -0.3 is 4.90 Å². The zero-order chi connectivity index (χ0) is 18.9. The highest BCUT2D eigenvalue weighted by atomic mass is 32.2. The number of anilines is 1. The van der Waals surface area contributed by atoms with E-state index in [9.17, 15) is 9.59 Å². The van der Waals surface area contributed by atoms with E-state index in [4.69, 9.17) is 0 Å². The Morgan fingerprint density at radius 3 is 2.67 bits per heavy atom. The van der Waals surface area contributed by atoms with Crippen LogP contribution in [0.5, 0.6) is 0 Å². The molecule has 2 saturated heterocycles. The molecule has 1 aliphatic carbocycles. The van der Waals surface area contributed by atoms with Crippen LogP contribution in [0.3, 0.4) is 0 Å². The van der Waals surface area contributed by atoms with Gasteiger partial charge in [0.15, 0.2) is 0 Å². The highest BCUT2D eigenvalue weighted by Crippen LogP contribution is 2.47. The summed E-state index contributed by atoms with van der Waals surface area (Å²) in [4.78, 5) is 29.2. The number of nitrogens with zero attached hydrogens (tertiary/aromatic N) is 2. The highest BCUT2D eigenvalue weighted by molar-refractivity contribution is 8.02. The van der Waals surface area contributed by atoms with E-state index < -0.39 is 0 Å². The lowest BCUT2D eigenvalue weighted by atomic mass is 9.98. The van der Waals surface area contributed by atoms with Crippen LogP contribution < -0.4 is 4.90 Å². The third-order valence-electron chi connectivity index (χ3n) is 6.52. The first-order valence-electron chi connectivity index (χ1n) is 10.4. The standard InChI is InChI=1S/C22H30N2O2S/c1-17-5-4-8-19(15-17)24-21(26)16-27-22(24)11-13-23(14-12-22)20(25)10-9-18-6-2-3-7-18/h4-5,8,15,18H,2-3,6-7,9-14,16H2,1H3. The number of thioether (sulfide) groups is 1. The lowest BCUT2D eigenvalue weighted by molar-refractivity contribution is -0.132. The second-order valence-corrected chi connectivity index (χ2v) is 9.71. The number of benzene rings is 1. The van der Waals surface area contributed by atoms with Crippen LogP contribution in [0.4, 0.5) is 5.69 Å². The highest BCUT2D eigenvalue weighted by Gasteiger charge is 2.49. The minimum Gasteiger partial charge on any atom is -0.342 e. The van der Waals surface area contributed by atoms with Crippen LogP contribution in [0.25, 0.3) is 0 Å². The van der Waals surface area contributed by atoms with Crippen molar-refractivity contribution in [3.63, 3.8) is 0 Å². The van der Waals surface area contributed by atoms with Gasteiger partial charge in [-0.2, -0.15) is 0 Å². The first-order chi connectivity index (χ1) is 13.1. The van der Waals surface area contributed by atoms with E-state index in [-0.39, 0.29) is 10.8 Å². The van der Waals surface area contributed by atoms with Crippen molar-refractivity contribution in [3.8, 4) is 0 Å². The number of hydrogen-bond acceptors (Lipinski definition) is 3. The maximum Gasteiger partial charge on any atom is 0.238 e. The topological polar surface area (TPSA) is 40.6 Å². The Morgan fingerprint density at radius 1 is 1.22 bits per heavy atom. The molecule has 3 aliphatic rings. The molecule has 1 aromatic rings. The molecular weight excluding hydrogens is 356 g/mol. The van der Waals surface area contributed by atoms with Crippen LogP contribution >= 0.6 is 11.8 Å². The van der Waals surface area contributed by atoms with Crippen molar-refractivity contribution in [3.05, 3.63) is 29.8 Å². The van der Waals surface area contributed by atoms with Gasteiger partial charge in [0.25, 0.3) is 0 Å². The molecule has 0 N–H and O–H groups in total. The van der Waals surface area contributed by atoms with E-state index in [1.54, 1.807) is 11.8 Å². The number of carbonyl (C=O) groups excluding carboxylic acids is 2. The summed E-state index contributed by atoms with van der Waals surface area (Å²) >= 11 is 1.77. The lowest BCUT2D eigenvalue weighted by Gasteiger charge is -2.44. The second kappa shape index (κ2) is 7.86. The van der Waals surface area contributed by atoms with Crippen LogP contribution in [0.1, 0.15) is 56.9 Å². The number of rotatable bonds is 4. The minimum absolute atomic E-state index is 0.174. The number of carbonyl (C=O) groups is 2. The molecule has 1 aromatic carbocycles. The molecular formula is C22H30N2O2S. The summed E-state index contributed by atoms with van der Waals surface area (Å²) < 4.78 is 0. The first kappa shape index (κ1) is 18.9. The zero-order valence-corrected chi connectivity index (χ0v) is 17.1. The summed E-state index contributed by atoms with van der Waals surface area (Å²) in [6.07, 6.45) is 8.78. The molecule has 0 unspecified atom stereocenters. The van der Waals surface area contributed by atoms with Gasteiger partial charge in [0, 0.05) is 25.2 Å².